The summed E-state index contributed by atoms with van der Waals surface area (Å²) in [5.74, 6) is -0.236. The Kier molecular flexibility index (Phi) is 4.79. The van der Waals surface area contributed by atoms with E-state index in [1.165, 1.54) is 11.6 Å². The van der Waals surface area contributed by atoms with Crippen molar-refractivity contribution in [1.29, 1.82) is 0 Å². The van der Waals surface area contributed by atoms with Crippen LogP contribution in [0.3, 0.4) is 0 Å². The molecule has 0 aliphatic carbocycles. The zero-order chi connectivity index (χ0) is 14.7. The Morgan fingerprint density at radius 3 is 2.50 bits per heavy atom. The average molecular weight is 292 g/mol. The Balaban J connectivity index is 2.53. The standard InChI is InChI=1S/C17H19ClFN/c1-4-20-17(14-7-5-11(2)9-12(14)3)15-10-13(18)6-8-16(15)19/h5-10,17,20H,4H2,1-3H3. The number of benzene rings is 2. The molecule has 0 saturated heterocycles. The van der Waals surface area contributed by atoms with Crippen LogP contribution in [0.5, 0.6) is 0 Å². The molecule has 0 amide bonds. The molecule has 0 bridgehead atoms. The summed E-state index contributed by atoms with van der Waals surface area (Å²) in [6.07, 6.45) is 0. The fraction of sp³-hybridized carbons (Fsp3) is 0.294. The summed E-state index contributed by atoms with van der Waals surface area (Å²) in [6, 6.07) is 10.7. The molecule has 2 aromatic rings. The Hall–Kier alpha value is -1.38. The predicted octanol–water partition coefficient (Wildman–Crippen LogP) is 4.79. The Morgan fingerprint density at radius 2 is 1.85 bits per heavy atom. The maximum absolute atomic E-state index is 14.1. The van der Waals surface area contributed by atoms with E-state index in [1.54, 1.807) is 12.1 Å². The third kappa shape index (κ3) is 3.20. The third-order valence-corrected chi connectivity index (χ3v) is 3.65. The second kappa shape index (κ2) is 6.38. The molecule has 0 aromatic heterocycles. The van der Waals surface area contributed by atoms with E-state index in [-0.39, 0.29) is 11.9 Å². The van der Waals surface area contributed by atoms with Gasteiger partial charge in [-0.05, 0) is 49.7 Å². The summed E-state index contributed by atoms with van der Waals surface area (Å²) < 4.78 is 14.1. The van der Waals surface area contributed by atoms with E-state index in [0.717, 1.165) is 17.7 Å². The Bertz CT molecular complexity index is 610. The fourth-order valence-corrected chi connectivity index (χ4v) is 2.66. The van der Waals surface area contributed by atoms with Crippen LogP contribution in [0.2, 0.25) is 5.02 Å². The molecule has 106 valence electrons. The molecule has 0 aliphatic heterocycles. The molecule has 1 unspecified atom stereocenters. The number of hydrogen-bond acceptors (Lipinski definition) is 1. The first kappa shape index (κ1) is 15.0. The molecule has 1 atom stereocenters. The molecule has 2 aromatic carbocycles. The molecule has 0 aliphatic rings. The van der Waals surface area contributed by atoms with Gasteiger partial charge in [0.25, 0.3) is 0 Å². The van der Waals surface area contributed by atoms with Gasteiger partial charge in [0.2, 0.25) is 0 Å². The van der Waals surface area contributed by atoms with Gasteiger partial charge in [0, 0.05) is 10.6 Å². The van der Waals surface area contributed by atoms with Crippen molar-refractivity contribution in [2.45, 2.75) is 26.8 Å². The normalized spacial score (nSPS) is 12.4. The zero-order valence-corrected chi connectivity index (χ0v) is 12.8. The predicted molar refractivity (Wildman–Crippen MR) is 82.8 cm³/mol. The van der Waals surface area contributed by atoms with E-state index >= 15 is 0 Å². The first-order valence-electron chi connectivity index (χ1n) is 6.78. The SMILES string of the molecule is CCNC(c1ccc(C)cc1C)c1cc(Cl)ccc1F. The van der Waals surface area contributed by atoms with E-state index in [1.807, 2.05) is 6.92 Å². The number of halogens is 2. The average Bonchev–Trinajstić information content (AvgIpc) is 2.40. The minimum Gasteiger partial charge on any atom is -0.306 e. The minimum atomic E-state index is -0.236. The lowest BCUT2D eigenvalue weighted by Gasteiger charge is -2.22. The van der Waals surface area contributed by atoms with Crippen molar-refractivity contribution >= 4 is 11.6 Å². The van der Waals surface area contributed by atoms with Gasteiger partial charge in [0.15, 0.2) is 0 Å². The molecule has 1 N–H and O–H groups in total. The quantitative estimate of drug-likeness (QED) is 0.853. The van der Waals surface area contributed by atoms with E-state index in [2.05, 4.69) is 37.4 Å². The molecule has 3 heteroatoms. The summed E-state index contributed by atoms with van der Waals surface area (Å²) >= 11 is 6.02. The minimum absolute atomic E-state index is 0.181. The topological polar surface area (TPSA) is 12.0 Å². The van der Waals surface area contributed by atoms with Crippen molar-refractivity contribution in [1.82, 2.24) is 5.32 Å². The molecule has 0 fully saturated rings. The van der Waals surface area contributed by atoms with Crippen LogP contribution in [0.25, 0.3) is 0 Å². The van der Waals surface area contributed by atoms with Crippen molar-refractivity contribution in [3.8, 4) is 0 Å². The molecule has 20 heavy (non-hydrogen) atoms. The van der Waals surface area contributed by atoms with Gasteiger partial charge in [-0.3, -0.25) is 0 Å². The van der Waals surface area contributed by atoms with Crippen LogP contribution in [-0.2, 0) is 0 Å². The van der Waals surface area contributed by atoms with E-state index in [0.29, 0.717) is 10.6 Å². The number of aryl methyl sites for hydroxylation is 2. The van der Waals surface area contributed by atoms with E-state index < -0.39 is 0 Å². The van der Waals surface area contributed by atoms with Gasteiger partial charge >= 0.3 is 0 Å². The summed E-state index contributed by atoms with van der Waals surface area (Å²) in [5.41, 5.74) is 4.02. The number of rotatable bonds is 4. The van der Waals surface area contributed by atoms with Crippen molar-refractivity contribution in [3.05, 3.63) is 69.5 Å². The molecule has 0 heterocycles. The van der Waals surface area contributed by atoms with Gasteiger partial charge in [-0.15, -0.1) is 0 Å². The smallest absolute Gasteiger partial charge is 0.128 e. The van der Waals surface area contributed by atoms with Gasteiger partial charge in [-0.2, -0.15) is 0 Å². The lowest BCUT2D eigenvalue weighted by atomic mass is 9.93. The first-order chi connectivity index (χ1) is 9.52. The summed E-state index contributed by atoms with van der Waals surface area (Å²) in [5, 5.41) is 3.89. The van der Waals surface area contributed by atoms with Gasteiger partial charge in [0.1, 0.15) is 5.82 Å². The highest BCUT2D eigenvalue weighted by molar-refractivity contribution is 6.30. The van der Waals surface area contributed by atoms with Crippen LogP contribution in [0.15, 0.2) is 36.4 Å². The van der Waals surface area contributed by atoms with Crippen LogP contribution >= 0.6 is 11.6 Å². The lowest BCUT2D eigenvalue weighted by molar-refractivity contribution is 0.558. The van der Waals surface area contributed by atoms with Crippen LogP contribution < -0.4 is 5.32 Å². The van der Waals surface area contributed by atoms with E-state index in [4.69, 9.17) is 11.6 Å². The molecule has 0 saturated carbocycles. The maximum Gasteiger partial charge on any atom is 0.128 e. The lowest BCUT2D eigenvalue weighted by Crippen LogP contribution is -2.23. The summed E-state index contributed by atoms with van der Waals surface area (Å²) in [7, 11) is 0. The summed E-state index contributed by atoms with van der Waals surface area (Å²) in [6.45, 7) is 6.87. The Morgan fingerprint density at radius 1 is 1.10 bits per heavy atom. The zero-order valence-electron chi connectivity index (χ0n) is 12.0. The van der Waals surface area contributed by atoms with Gasteiger partial charge in [0.05, 0.1) is 6.04 Å². The summed E-state index contributed by atoms with van der Waals surface area (Å²) in [4.78, 5) is 0. The maximum atomic E-state index is 14.1. The molecular formula is C17H19ClFN. The highest BCUT2D eigenvalue weighted by atomic mass is 35.5. The van der Waals surface area contributed by atoms with Gasteiger partial charge in [-0.1, -0.05) is 42.3 Å². The van der Waals surface area contributed by atoms with Crippen molar-refractivity contribution in [2.75, 3.05) is 6.54 Å². The molecular weight excluding hydrogens is 273 g/mol. The highest BCUT2D eigenvalue weighted by Gasteiger charge is 2.19. The van der Waals surface area contributed by atoms with Crippen LogP contribution in [0, 0.1) is 19.7 Å². The van der Waals surface area contributed by atoms with Crippen molar-refractivity contribution < 1.29 is 4.39 Å². The molecule has 0 spiro atoms. The van der Waals surface area contributed by atoms with Gasteiger partial charge in [-0.25, -0.2) is 4.39 Å². The second-order valence-corrected chi connectivity index (χ2v) is 5.45. The highest BCUT2D eigenvalue weighted by Crippen LogP contribution is 2.29. The Labute approximate surface area is 124 Å². The second-order valence-electron chi connectivity index (χ2n) is 5.02. The van der Waals surface area contributed by atoms with Crippen molar-refractivity contribution in [2.24, 2.45) is 0 Å². The van der Waals surface area contributed by atoms with Crippen LogP contribution in [0.1, 0.15) is 35.2 Å². The molecule has 0 radical (unpaired) electrons. The largest absolute Gasteiger partial charge is 0.306 e. The number of nitrogens with one attached hydrogen (secondary N) is 1. The van der Waals surface area contributed by atoms with Gasteiger partial charge < -0.3 is 5.32 Å². The molecule has 1 nitrogen and oxygen atoms in total. The van der Waals surface area contributed by atoms with Crippen LogP contribution in [0.4, 0.5) is 4.39 Å². The first-order valence-corrected chi connectivity index (χ1v) is 7.16. The van der Waals surface area contributed by atoms with Crippen molar-refractivity contribution in [3.63, 3.8) is 0 Å². The monoisotopic (exact) mass is 291 g/mol. The van der Waals surface area contributed by atoms with E-state index in [9.17, 15) is 4.39 Å². The third-order valence-electron chi connectivity index (χ3n) is 3.41. The fourth-order valence-electron chi connectivity index (χ4n) is 2.48. The molecule has 2 rings (SSSR count). The van der Waals surface area contributed by atoms with Crippen LogP contribution in [-0.4, -0.2) is 6.54 Å². The number of hydrogen-bond donors (Lipinski definition) is 1.